The molecule has 122 valence electrons. The van der Waals surface area contributed by atoms with Gasteiger partial charge in [0.2, 0.25) is 0 Å². The van der Waals surface area contributed by atoms with E-state index in [4.69, 9.17) is 16.3 Å². The molecule has 0 unspecified atom stereocenters. The number of ether oxygens (including phenoxy) is 1. The van der Waals surface area contributed by atoms with E-state index >= 15 is 0 Å². The first-order valence-electron chi connectivity index (χ1n) is 8.06. The summed E-state index contributed by atoms with van der Waals surface area (Å²) >= 11 is 5.93. The van der Waals surface area contributed by atoms with E-state index in [1.165, 1.54) is 11.1 Å². The fraction of sp³-hybridized carbons (Fsp3) is 0.190. The summed E-state index contributed by atoms with van der Waals surface area (Å²) < 4.78 is 5.10. The number of aromatic nitrogens is 1. The minimum atomic E-state index is 0.737. The van der Waals surface area contributed by atoms with E-state index in [0.29, 0.717) is 0 Å². The summed E-state index contributed by atoms with van der Waals surface area (Å²) in [5, 5.41) is 0.737. The Morgan fingerprint density at radius 1 is 0.833 bits per heavy atom. The molecule has 0 N–H and O–H groups in total. The van der Waals surface area contributed by atoms with Crippen molar-refractivity contribution < 1.29 is 4.74 Å². The van der Waals surface area contributed by atoms with E-state index in [-0.39, 0.29) is 0 Å². The highest BCUT2D eigenvalue weighted by molar-refractivity contribution is 6.30. The lowest BCUT2D eigenvalue weighted by molar-refractivity contribution is 0.195. The van der Waals surface area contributed by atoms with Gasteiger partial charge in [0.05, 0.1) is 5.69 Å². The Morgan fingerprint density at radius 2 is 1.50 bits per heavy atom. The SMILES string of the molecule is COCCCc1ccc(-c2ccc(-c3ccc(Cl)cc3)nc2)cc1. The van der Waals surface area contributed by atoms with E-state index < -0.39 is 0 Å². The molecular weight excluding hydrogens is 318 g/mol. The van der Waals surface area contributed by atoms with Gasteiger partial charge in [0.25, 0.3) is 0 Å². The molecule has 0 saturated carbocycles. The molecule has 2 nitrogen and oxygen atoms in total. The van der Waals surface area contributed by atoms with Gasteiger partial charge in [-0.25, -0.2) is 0 Å². The van der Waals surface area contributed by atoms with Gasteiger partial charge in [0, 0.05) is 36.1 Å². The zero-order chi connectivity index (χ0) is 16.8. The quantitative estimate of drug-likeness (QED) is 0.542. The van der Waals surface area contributed by atoms with Crippen molar-refractivity contribution >= 4 is 11.6 Å². The molecule has 3 rings (SSSR count). The van der Waals surface area contributed by atoms with Crippen LogP contribution in [0, 0.1) is 0 Å². The van der Waals surface area contributed by atoms with E-state index in [1.54, 1.807) is 7.11 Å². The second kappa shape index (κ2) is 8.09. The number of halogens is 1. The van der Waals surface area contributed by atoms with Gasteiger partial charge in [-0.3, -0.25) is 4.98 Å². The molecule has 1 aromatic heterocycles. The number of pyridine rings is 1. The van der Waals surface area contributed by atoms with Gasteiger partial charge >= 0.3 is 0 Å². The predicted octanol–water partition coefficient (Wildman–Crippen LogP) is 5.65. The molecule has 0 bridgehead atoms. The maximum atomic E-state index is 5.93. The first kappa shape index (κ1) is 16.7. The standard InChI is InChI=1S/C21H20ClNO/c1-24-14-2-3-16-4-6-17(7-5-16)19-10-13-21(23-15-19)18-8-11-20(22)12-9-18/h4-13,15H,2-3,14H2,1H3. The number of rotatable bonds is 6. The smallest absolute Gasteiger partial charge is 0.0702 e. The van der Waals surface area contributed by atoms with Crippen molar-refractivity contribution in [2.24, 2.45) is 0 Å². The van der Waals surface area contributed by atoms with Gasteiger partial charge in [0.15, 0.2) is 0 Å². The minimum Gasteiger partial charge on any atom is -0.385 e. The molecule has 0 aliphatic heterocycles. The molecule has 0 fully saturated rings. The number of aryl methyl sites for hydroxylation is 1. The van der Waals surface area contributed by atoms with Crippen molar-refractivity contribution in [2.75, 3.05) is 13.7 Å². The first-order valence-corrected chi connectivity index (χ1v) is 8.44. The Labute approximate surface area is 148 Å². The molecule has 3 heteroatoms. The largest absolute Gasteiger partial charge is 0.385 e. The van der Waals surface area contributed by atoms with Crippen LogP contribution in [0.25, 0.3) is 22.4 Å². The average Bonchev–Trinajstić information content (AvgIpc) is 2.63. The number of benzene rings is 2. The summed E-state index contributed by atoms with van der Waals surface area (Å²) in [7, 11) is 1.74. The lowest BCUT2D eigenvalue weighted by Gasteiger charge is -2.06. The fourth-order valence-electron chi connectivity index (χ4n) is 2.64. The van der Waals surface area contributed by atoms with Gasteiger partial charge in [0.1, 0.15) is 0 Å². The lowest BCUT2D eigenvalue weighted by Crippen LogP contribution is -1.92. The molecule has 0 radical (unpaired) electrons. The topological polar surface area (TPSA) is 22.1 Å². The van der Waals surface area contributed by atoms with Crippen LogP contribution in [0.15, 0.2) is 66.9 Å². The summed E-state index contributed by atoms with van der Waals surface area (Å²) in [5.41, 5.74) is 5.66. The Balaban J connectivity index is 1.72. The van der Waals surface area contributed by atoms with Gasteiger partial charge in [-0.05, 0) is 42.2 Å². The summed E-state index contributed by atoms with van der Waals surface area (Å²) in [6.07, 6.45) is 4.01. The fourth-order valence-corrected chi connectivity index (χ4v) is 2.77. The van der Waals surface area contributed by atoms with Crippen LogP contribution in [0.5, 0.6) is 0 Å². The van der Waals surface area contributed by atoms with Crippen LogP contribution in [0.2, 0.25) is 5.02 Å². The van der Waals surface area contributed by atoms with E-state index in [9.17, 15) is 0 Å². The first-order chi connectivity index (χ1) is 11.8. The molecule has 2 aromatic carbocycles. The zero-order valence-electron chi connectivity index (χ0n) is 13.7. The highest BCUT2D eigenvalue weighted by Crippen LogP contribution is 2.24. The van der Waals surface area contributed by atoms with Crippen LogP contribution >= 0.6 is 11.6 Å². The molecular formula is C21H20ClNO. The summed E-state index contributed by atoms with van der Waals surface area (Å²) in [6.45, 7) is 0.803. The van der Waals surface area contributed by atoms with Crippen LogP contribution in [0.4, 0.5) is 0 Å². The number of methoxy groups -OCH3 is 1. The highest BCUT2D eigenvalue weighted by atomic mass is 35.5. The van der Waals surface area contributed by atoms with Crippen LogP contribution in [0.3, 0.4) is 0 Å². The number of hydrogen-bond donors (Lipinski definition) is 0. The van der Waals surface area contributed by atoms with Crippen LogP contribution in [0.1, 0.15) is 12.0 Å². The van der Waals surface area contributed by atoms with Gasteiger partial charge in [-0.15, -0.1) is 0 Å². The lowest BCUT2D eigenvalue weighted by atomic mass is 10.0. The molecule has 0 atom stereocenters. The van der Waals surface area contributed by atoms with Crippen molar-refractivity contribution in [1.82, 2.24) is 4.98 Å². The van der Waals surface area contributed by atoms with Crippen molar-refractivity contribution in [3.8, 4) is 22.4 Å². The maximum absolute atomic E-state index is 5.93. The maximum Gasteiger partial charge on any atom is 0.0702 e. The van der Waals surface area contributed by atoms with Crippen molar-refractivity contribution in [1.29, 1.82) is 0 Å². The number of hydrogen-bond acceptors (Lipinski definition) is 2. The molecule has 0 amide bonds. The van der Waals surface area contributed by atoms with Crippen molar-refractivity contribution in [3.05, 3.63) is 77.4 Å². The molecule has 1 heterocycles. The van der Waals surface area contributed by atoms with Crippen LogP contribution in [-0.4, -0.2) is 18.7 Å². The van der Waals surface area contributed by atoms with Gasteiger partial charge in [-0.2, -0.15) is 0 Å². The third kappa shape index (κ3) is 4.22. The second-order valence-electron chi connectivity index (χ2n) is 5.73. The van der Waals surface area contributed by atoms with Crippen molar-refractivity contribution in [3.63, 3.8) is 0 Å². The average molecular weight is 338 g/mol. The van der Waals surface area contributed by atoms with Crippen LogP contribution < -0.4 is 0 Å². The minimum absolute atomic E-state index is 0.737. The van der Waals surface area contributed by atoms with Crippen LogP contribution in [-0.2, 0) is 11.2 Å². The van der Waals surface area contributed by atoms with E-state index in [1.807, 2.05) is 36.5 Å². The normalized spacial score (nSPS) is 10.8. The number of nitrogens with zero attached hydrogens (tertiary/aromatic N) is 1. The van der Waals surface area contributed by atoms with E-state index in [2.05, 4.69) is 35.3 Å². The zero-order valence-corrected chi connectivity index (χ0v) is 14.5. The Bertz CT molecular complexity index is 764. The molecule has 3 aromatic rings. The predicted molar refractivity (Wildman–Crippen MR) is 100 cm³/mol. The monoisotopic (exact) mass is 337 g/mol. The highest BCUT2D eigenvalue weighted by Gasteiger charge is 2.02. The Hall–Kier alpha value is -2.16. The molecule has 0 aliphatic carbocycles. The molecule has 0 aliphatic rings. The summed E-state index contributed by atoms with van der Waals surface area (Å²) in [5.74, 6) is 0. The van der Waals surface area contributed by atoms with E-state index in [0.717, 1.165) is 41.3 Å². The molecule has 24 heavy (non-hydrogen) atoms. The summed E-state index contributed by atoms with van der Waals surface area (Å²) in [6, 6.07) is 20.6. The molecule has 0 saturated heterocycles. The second-order valence-corrected chi connectivity index (χ2v) is 6.17. The molecule has 0 spiro atoms. The Kier molecular flexibility index (Phi) is 5.63. The Morgan fingerprint density at radius 3 is 2.12 bits per heavy atom. The third-order valence-electron chi connectivity index (χ3n) is 4.00. The van der Waals surface area contributed by atoms with Gasteiger partial charge < -0.3 is 4.74 Å². The summed E-state index contributed by atoms with van der Waals surface area (Å²) in [4.78, 5) is 4.58. The van der Waals surface area contributed by atoms with Gasteiger partial charge in [-0.1, -0.05) is 54.1 Å². The third-order valence-corrected chi connectivity index (χ3v) is 4.26. The van der Waals surface area contributed by atoms with Crippen molar-refractivity contribution in [2.45, 2.75) is 12.8 Å².